The first kappa shape index (κ1) is 21.8. The average molecular weight is 440 g/mol. The van der Waals surface area contributed by atoms with Crippen molar-refractivity contribution < 1.29 is 26.4 Å². The third-order valence-electron chi connectivity index (χ3n) is 4.26. The summed E-state index contributed by atoms with van der Waals surface area (Å²) in [7, 11) is -4.39. The molecule has 0 saturated heterocycles. The highest BCUT2D eigenvalue weighted by Gasteiger charge is 2.30. The van der Waals surface area contributed by atoms with Gasteiger partial charge in [-0.15, -0.1) is 0 Å². The summed E-state index contributed by atoms with van der Waals surface area (Å²) in [6.45, 7) is -0.736. The van der Waals surface area contributed by atoms with Crippen molar-refractivity contribution in [2.45, 2.75) is 24.0 Å². The minimum absolute atomic E-state index is 0.0398. The predicted octanol–water partition coefficient (Wildman–Crippen LogP) is 2.70. The molecular formula is C19H19F3N4O3S. The molecule has 1 aromatic heterocycles. The van der Waals surface area contributed by atoms with Crippen LogP contribution in [0.3, 0.4) is 0 Å². The second-order valence-electron chi connectivity index (χ2n) is 6.50. The van der Waals surface area contributed by atoms with Crippen molar-refractivity contribution in [3.05, 3.63) is 60.4 Å². The van der Waals surface area contributed by atoms with Gasteiger partial charge in [0, 0.05) is 18.7 Å². The minimum Gasteiger partial charge on any atom is -0.352 e. The van der Waals surface area contributed by atoms with Gasteiger partial charge < -0.3 is 9.88 Å². The number of nitrogens with one attached hydrogen (secondary N) is 2. The number of hydrogen-bond donors (Lipinski definition) is 2. The monoisotopic (exact) mass is 440 g/mol. The van der Waals surface area contributed by atoms with Gasteiger partial charge >= 0.3 is 6.18 Å². The van der Waals surface area contributed by atoms with Crippen LogP contribution in [-0.4, -0.2) is 43.1 Å². The highest BCUT2D eigenvalue weighted by atomic mass is 32.2. The lowest BCUT2D eigenvalue weighted by molar-refractivity contribution is -0.121. The minimum atomic E-state index is -4.68. The summed E-state index contributed by atoms with van der Waals surface area (Å²) in [5.74, 6) is -0.515. The first-order valence-electron chi connectivity index (χ1n) is 9.00. The molecule has 0 aliphatic heterocycles. The summed E-state index contributed by atoms with van der Waals surface area (Å²) >= 11 is 0. The number of imidazole rings is 1. The Hall–Kier alpha value is -2.92. The number of carbonyl (C=O) groups excluding carboxylic acids is 1. The van der Waals surface area contributed by atoms with Crippen LogP contribution in [-0.2, 0) is 16.6 Å². The quantitative estimate of drug-likeness (QED) is 0.527. The number of fused-ring (bicyclic) bond motifs is 1. The number of amides is 1. The maximum Gasteiger partial charge on any atom is 0.402 e. The van der Waals surface area contributed by atoms with Gasteiger partial charge in [-0.1, -0.05) is 18.2 Å². The Balaban J connectivity index is 1.56. The van der Waals surface area contributed by atoms with Gasteiger partial charge in [-0.3, -0.25) is 4.79 Å². The number of benzene rings is 2. The second kappa shape index (κ2) is 8.84. The fourth-order valence-corrected chi connectivity index (χ4v) is 3.87. The molecule has 3 rings (SSSR count). The number of alkyl halides is 3. The Kier molecular flexibility index (Phi) is 6.42. The van der Waals surface area contributed by atoms with E-state index < -0.39 is 33.5 Å². The van der Waals surface area contributed by atoms with Crippen LogP contribution < -0.4 is 10.0 Å². The average Bonchev–Trinajstić information content (AvgIpc) is 3.12. The molecule has 11 heteroatoms. The number of halogens is 3. The standard InChI is InChI=1S/C19H19F3N4O3S/c20-19(21,22)12-25-30(28,29)15-6-3-5-14(11-15)18(27)23-9-4-10-26-13-24-16-7-1-2-8-17(16)26/h1-3,5-8,11,13,25H,4,9-10,12H2,(H,23,27). The Bertz CT molecular complexity index is 1140. The SMILES string of the molecule is O=C(NCCCn1cnc2ccccc21)c1cccc(S(=O)(=O)NCC(F)(F)F)c1. The van der Waals surface area contributed by atoms with Crippen LogP contribution in [0.2, 0.25) is 0 Å². The van der Waals surface area contributed by atoms with Crippen LogP contribution in [0.4, 0.5) is 13.2 Å². The Morgan fingerprint density at radius 1 is 1.10 bits per heavy atom. The van der Waals surface area contributed by atoms with E-state index in [-0.39, 0.29) is 5.56 Å². The number of rotatable bonds is 8. The third kappa shape index (κ3) is 5.57. The van der Waals surface area contributed by atoms with Crippen molar-refractivity contribution in [2.24, 2.45) is 0 Å². The molecule has 0 radical (unpaired) electrons. The highest BCUT2D eigenvalue weighted by Crippen LogP contribution is 2.16. The summed E-state index contributed by atoms with van der Waals surface area (Å²) < 4.78 is 64.3. The van der Waals surface area contributed by atoms with Crippen molar-refractivity contribution in [2.75, 3.05) is 13.1 Å². The first-order valence-corrected chi connectivity index (χ1v) is 10.5. The normalized spacial score (nSPS) is 12.2. The molecule has 0 bridgehead atoms. The van der Waals surface area contributed by atoms with Gasteiger partial charge in [-0.25, -0.2) is 18.1 Å². The first-order chi connectivity index (χ1) is 14.2. The zero-order chi connectivity index (χ0) is 21.8. The van der Waals surface area contributed by atoms with Crippen molar-refractivity contribution in [1.82, 2.24) is 19.6 Å². The number of carbonyl (C=O) groups is 1. The number of sulfonamides is 1. The topological polar surface area (TPSA) is 93.1 Å². The van der Waals surface area contributed by atoms with E-state index in [2.05, 4.69) is 10.3 Å². The van der Waals surface area contributed by atoms with E-state index in [0.29, 0.717) is 19.5 Å². The lowest BCUT2D eigenvalue weighted by atomic mass is 10.2. The molecule has 30 heavy (non-hydrogen) atoms. The van der Waals surface area contributed by atoms with Crippen LogP contribution in [0.1, 0.15) is 16.8 Å². The highest BCUT2D eigenvalue weighted by molar-refractivity contribution is 7.89. The molecule has 7 nitrogen and oxygen atoms in total. The van der Waals surface area contributed by atoms with E-state index in [9.17, 15) is 26.4 Å². The molecule has 0 aliphatic carbocycles. The molecule has 0 saturated carbocycles. The van der Waals surface area contributed by atoms with Gasteiger partial charge in [0.25, 0.3) is 5.91 Å². The molecule has 0 fully saturated rings. The lowest BCUT2D eigenvalue weighted by Gasteiger charge is -2.11. The molecule has 0 aliphatic rings. The summed E-state index contributed by atoms with van der Waals surface area (Å²) in [4.78, 5) is 16.2. The molecule has 2 aromatic carbocycles. The fourth-order valence-electron chi connectivity index (χ4n) is 2.81. The molecule has 0 spiro atoms. The maximum absolute atomic E-state index is 12.3. The number of para-hydroxylation sites is 2. The largest absolute Gasteiger partial charge is 0.402 e. The van der Waals surface area contributed by atoms with E-state index in [1.165, 1.54) is 16.9 Å². The number of nitrogens with zero attached hydrogens (tertiary/aromatic N) is 2. The van der Waals surface area contributed by atoms with E-state index in [4.69, 9.17) is 0 Å². The number of hydrogen-bond acceptors (Lipinski definition) is 4. The van der Waals surface area contributed by atoms with Crippen molar-refractivity contribution in [3.63, 3.8) is 0 Å². The van der Waals surface area contributed by atoms with Gasteiger partial charge in [0.15, 0.2) is 0 Å². The van der Waals surface area contributed by atoms with E-state index >= 15 is 0 Å². The van der Waals surface area contributed by atoms with E-state index in [1.54, 1.807) is 6.33 Å². The lowest BCUT2D eigenvalue weighted by Crippen LogP contribution is -2.34. The molecule has 160 valence electrons. The summed E-state index contributed by atoms with van der Waals surface area (Å²) in [5, 5.41) is 2.68. The smallest absolute Gasteiger partial charge is 0.352 e. The van der Waals surface area contributed by atoms with Crippen LogP contribution in [0.25, 0.3) is 11.0 Å². The predicted molar refractivity (Wildman–Crippen MR) is 104 cm³/mol. The molecule has 1 heterocycles. The van der Waals surface area contributed by atoms with Crippen molar-refractivity contribution in [3.8, 4) is 0 Å². The summed E-state index contributed by atoms with van der Waals surface area (Å²) in [5.41, 5.74) is 1.89. The van der Waals surface area contributed by atoms with Crippen LogP contribution in [0.5, 0.6) is 0 Å². The number of aromatic nitrogens is 2. The van der Waals surface area contributed by atoms with Gasteiger partial charge in [0.2, 0.25) is 10.0 Å². The Labute approximate surface area is 171 Å². The summed E-state index contributed by atoms with van der Waals surface area (Å²) in [6.07, 6.45) is -2.35. The fraction of sp³-hybridized carbons (Fsp3) is 0.263. The van der Waals surface area contributed by atoms with E-state index in [0.717, 1.165) is 23.2 Å². The van der Waals surface area contributed by atoms with Gasteiger partial charge in [0.1, 0.15) is 6.54 Å². The molecule has 3 aromatic rings. The van der Waals surface area contributed by atoms with Gasteiger partial charge in [0.05, 0.1) is 22.3 Å². The Morgan fingerprint density at radius 2 is 1.87 bits per heavy atom. The second-order valence-corrected chi connectivity index (χ2v) is 8.27. The maximum atomic E-state index is 12.3. The van der Waals surface area contributed by atoms with Crippen LogP contribution in [0, 0.1) is 0 Å². The van der Waals surface area contributed by atoms with Crippen LogP contribution >= 0.6 is 0 Å². The Morgan fingerprint density at radius 3 is 2.63 bits per heavy atom. The van der Waals surface area contributed by atoms with Gasteiger partial charge in [-0.05, 0) is 36.8 Å². The molecular weight excluding hydrogens is 421 g/mol. The zero-order valence-corrected chi connectivity index (χ0v) is 16.5. The molecule has 0 unspecified atom stereocenters. The van der Waals surface area contributed by atoms with Crippen molar-refractivity contribution in [1.29, 1.82) is 0 Å². The molecule has 0 atom stereocenters. The third-order valence-corrected chi connectivity index (χ3v) is 5.66. The summed E-state index contributed by atoms with van der Waals surface area (Å²) in [6, 6.07) is 12.5. The molecule has 2 N–H and O–H groups in total. The van der Waals surface area contributed by atoms with Crippen LogP contribution in [0.15, 0.2) is 59.8 Å². The number of aryl methyl sites for hydroxylation is 1. The van der Waals surface area contributed by atoms with E-state index in [1.807, 2.05) is 28.8 Å². The van der Waals surface area contributed by atoms with Gasteiger partial charge in [-0.2, -0.15) is 13.2 Å². The van der Waals surface area contributed by atoms with Crippen molar-refractivity contribution >= 4 is 27.0 Å². The zero-order valence-electron chi connectivity index (χ0n) is 15.7. The molecule has 1 amide bonds.